The Hall–Kier alpha value is -0.820. The van der Waals surface area contributed by atoms with Crippen molar-refractivity contribution >= 4 is 29.9 Å². The predicted octanol–water partition coefficient (Wildman–Crippen LogP) is 3.43. The summed E-state index contributed by atoms with van der Waals surface area (Å²) in [6.07, 6.45) is 0. The van der Waals surface area contributed by atoms with Crippen molar-refractivity contribution < 1.29 is 0 Å². The molecule has 0 aliphatic heterocycles. The summed E-state index contributed by atoms with van der Waals surface area (Å²) in [6, 6.07) is 11.6. The molecule has 4 nitrogen and oxygen atoms in total. The first-order valence-electron chi connectivity index (χ1n) is 8.17. The smallest absolute Gasteiger partial charge is 0.193 e. The molecule has 1 aromatic carbocycles. The molecule has 0 saturated heterocycles. The van der Waals surface area contributed by atoms with Crippen LogP contribution < -0.4 is 5.32 Å². The van der Waals surface area contributed by atoms with Crippen LogP contribution in [0.5, 0.6) is 0 Å². The van der Waals surface area contributed by atoms with E-state index < -0.39 is 0 Å². The van der Waals surface area contributed by atoms with Gasteiger partial charge in [-0.1, -0.05) is 30.3 Å². The first kappa shape index (κ1) is 22.2. The number of nitrogens with zero attached hydrogens (tertiary/aromatic N) is 3. The molecule has 0 saturated carbocycles. The molecule has 0 amide bonds. The monoisotopic (exact) mass is 432 g/mol. The Labute approximate surface area is 159 Å². The second-order valence-electron chi connectivity index (χ2n) is 6.24. The van der Waals surface area contributed by atoms with Gasteiger partial charge >= 0.3 is 0 Å². The molecule has 0 spiro atoms. The van der Waals surface area contributed by atoms with Crippen LogP contribution in [0.1, 0.15) is 33.3 Å². The van der Waals surface area contributed by atoms with Gasteiger partial charge in [0.25, 0.3) is 0 Å². The average molecular weight is 432 g/mol. The molecular formula is C18H33IN4. The molecule has 1 N–H and O–H groups in total. The Bertz CT molecular complexity index is 438. The van der Waals surface area contributed by atoms with Gasteiger partial charge in [-0.15, -0.1) is 24.0 Å². The van der Waals surface area contributed by atoms with E-state index in [1.54, 1.807) is 0 Å². The van der Waals surface area contributed by atoms with E-state index >= 15 is 0 Å². The van der Waals surface area contributed by atoms with E-state index in [9.17, 15) is 0 Å². The van der Waals surface area contributed by atoms with Crippen molar-refractivity contribution in [2.75, 3.05) is 27.2 Å². The summed E-state index contributed by atoms with van der Waals surface area (Å²) >= 11 is 0. The van der Waals surface area contributed by atoms with E-state index in [1.165, 1.54) is 5.56 Å². The highest BCUT2D eigenvalue weighted by Crippen LogP contribution is 2.04. The van der Waals surface area contributed by atoms with Gasteiger partial charge < -0.3 is 10.2 Å². The number of hydrogen-bond donors (Lipinski definition) is 1. The molecule has 0 bridgehead atoms. The van der Waals surface area contributed by atoms with Crippen LogP contribution in [0.4, 0.5) is 0 Å². The van der Waals surface area contributed by atoms with Crippen molar-refractivity contribution in [2.24, 2.45) is 4.99 Å². The first-order chi connectivity index (χ1) is 10.5. The number of aliphatic imine (C=N–C) groups is 1. The van der Waals surface area contributed by atoms with Crippen LogP contribution in [0.2, 0.25) is 0 Å². The van der Waals surface area contributed by atoms with Gasteiger partial charge in [-0.3, -0.25) is 9.89 Å². The number of rotatable bonds is 7. The Morgan fingerprint density at radius 3 is 2.13 bits per heavy atom. The van der Waals surface area contributed by atoms with Crippen LogP contribution in [-0.2, 0) is 6.54 Å². The molecule has 0 aliphatic rings. The third-order valence-corrected chi connectivity index (χ3v) is 3.82. The van der Waals surface area contributed by atoms with E-state index in [4.69, 9.17) is 0 Å². The summed E-state index contributed by atoms with van der Waals surface area (Å²) in [4.78, 5) is 9.02. The van der Waals surface area contributed by atoms with Crippen molar-refractivity contribution in [3.8, 4) is 0 Å². The van der Waals surface area contributed by atoms with Gasteiger partial charge in [-0.2, -0.15) is 0 Å². The zero-order valence-electron chi connectivity index (χ0n) is 15.4. The minimum atomic E-state index is 0. The molecule has 5 heteroatoms. The van der Waals surface area contributed by atoms with E-state index in [0.29, 0.717) is 12.1 Å². The van der Waals surface area contributed by atoms with Crippen LogP contribution in [0.15, 0.2) is 35.3 Å². The molecule has 0 heterocycles. The molecule has 0 aliphatic carbocycles. The van der Waals surface area contributed by atoms with Gasteiger partial charge in [-0.25, -0.2) is 0 Å². The fraction of sp³-hybridized carbons (Fsp3) is 0.611. The number of benzene rings is 1. The predicted molar refractivity (Wildman–Crippen MR) is 112 cm³/mol. The zero-order valence-corrected chi connectivity index (χ0v) is 17.7. The minimum absolute atomic E-state index is 0. The lowest BCUT2D eigenvalue weighted by Crippen LogP contribution is -2.45. The largest absolute Gasteiger partial charge is 0.355 e. The van der Waals surface area contributed by atoms with Crippen molar-refractivity contribution in [1.82, 2.24) is 15.1 Å². The second kappa shape index (κ2) is 11.7. The molecule has 0 unspecified atom stereocenters. The Morgan fingerprint density at radius 1 is 1.09 bits per heavy atom. The van der Waals surface area contributed by atoms with Gasteiger partial charge in [0.15, 0.2) is 5.96 Å². The molecule has 23 heavy (non-hydrogen) atoms. The van der Waals surface area contributed by atoms with E-state index in [2.05, 4.69) is 79.1 Å². The van der Waals surface area contributed by atoms with Gasteiger partial charge in [0.2, 0.25) is 0 Å². The number of nitrogens with one attached hydrogen (secondary N) is 1. The zero-order chi connectivity index (χ0) is 16.5. The highest BCUT2D eigenvalue weighted by Gasteiger charge is 2.13. The number of hydrogen-bond acceptors (Lipinski definition) is 2. The molecule has 0 radical (unpaired) electrons. The molecular weight excluding hydrogens is 399 g/mol. The Balaban J connectivity index is 0.00000484. The summed E-state index contributed by atoms with van der Waals surface area (Å²) in [7, 11) is 3.91. The van der Waals surface area contributed by atoms with Crippen LogP contribution >= 0.6 is 24.0 Å². The summed E-state index contributed by atoms with van der Waals surface area (Å²) in [5.41, 5.74) is 1.29. The third kappa shape index (κ3) is 8.01. The SMILES string of the molecule is CN=C(NCCN(C(C)C)C(C)C)N(C)Cc1ccccc1.I. The van der Waals surface area contributed by atoms with Crippen molar-refractivity contribution in [3.63, 3.8) is 0 Å². The molecule has 0 atom stereocenters. The Morgan fingerprint density at radius 2 is 1.65 bits per heavy atom. The highest BCUT2D eigenvalue weighted by molar-refractivity contribution is 14.0. The van der Waals surface area contributed by atoms with Crippen molar-refractivity contribution in [3.05, 3.63) is 35.9 Å². The maximum absolute atomic E-state index is 4.38. The quantitative estimate of drug-likeness (QED) is 0.407. The number of halogens is 1. The molecule has 0 fully saturated rings. The van der Waals surface area contributed by atoms with E-state index in [-0.39, 0.29) is 24.0 Å². The molecule has 1 aromatic rings. The lowest BCUT2D eigenvalue weighted by molar-refractivity contribution is 0.178. The Kier molecular flexibility index (Phi) is 11.3. The second-order valence-corrected chi connectivity index (χ2v) is 6.24. The molecule has 0 aromatic heterocycles. The van der Waals surface area contributed by atoms with Crippen molar-refractivity contribution in [2.45, 2.75) is 46.3 Å². The van der Waals surface area contributed by atoms with Crippen LogP contribution in [0.25, 0.3) is 0 Å². The third-order valence-electron chi connectivity index (χ3n) is 3.82. The van der Waals surface area contributed by atoms with Gasteiger partial charge in [-0.05, 0) is 33.3 Å². The highest BCUT2D eigenvalue weighted by atomic mass is 127. The molecule has 1 rings (SSSR count). The van der Waals surface area contributed by atoms with Crippen LogP contribution in [-0.4, -0.2) is 55.0 Å². The minimum Gasteiger partial charge on any atom is -0.355 e. The fourth-order valence-corrected chi connectivity index (χ4v) is 2.73. The standard InChI is InChI=1S/C18H32N4.HI/c1-15(2)22(16(3)4)13-12-20-18(19-5)21(6)14-17-10-8-7-9-11-17;/h7-11,15-16H,12-14H2,1-6H3,(H,19,20);1H. The lowest BCUT2D eigenvalue weighted by atomic mass is 10.2. The van der Waals surface area contributed by atoms with Gasteiger partial charge in [0.1, 0.15) is 0 Å². The topological polar surface area (TPSA) is 30.9 Å². The normalized spacial score (nSPS) is 11.8. The van der Waals surface area contributed by atoms with Gasteiger partial charge in [0, 0.05) is 45.8 Å². The summed E-state index contributed by atoms with van der Waals surface area (Å²) in [5.74, 6) is 0.941. The van der Waals surface area contributed by atoms with E-state index in [1.807, 2.05) is 13.1 Å². The van der Waals surface area contributed by atoms with Crippen LogP contribution in [0.3, 0.4) is 0 Å². The molecule has 132 valence electrons. The first-order valence-corrected chi connectivity index (χ1v) is 8.17. The average Bonchev–Trinajstić information content (AvgIpc) is 2.47. The summed E-state index contributed by atoms with van der Waals surface area (Å²) < 4.78 is 0. The van der Waals surface area contributed by atoms with Crippen LogP contribution in [0, 0.1) is 0 Å². The fourth-order valence-electron chi connectivity index (χ4n) is 2.73. The summed E-state index contributed by atoms with van der Waals surface area (Å²) in [5, 5.41) is 3.46. The maximum atomic E-state index is 4.38. The van der Waals surface area contributed by atoms with Crippen molar-refractivity contribution in [1.29, 1.82) is 0 Å². The maximum Gasteiger partial charge on any atom is 0.193 e. The number of guanidine groups is 1. The summed E-state index contributed by atoms with van der Waals surface area (Å²) in [6.45, 7) is 11.8. The lowest BCUT2D eigenvalue weighted by Gasteiger charge is -2.31. The van der Waals surface area contributed by atoms with Gasteiger partial charge in [0.05, 0.1) is 0 Å². The van der Waals surface area contributed by atoms with E-state index in [0.717, 1.165) is 25.6 Å².